The molecule has 1 aliphatic rings. The normalized spacial score (nSPS) is 21.9. The maximum absolute atomic E-state index is 6.43. The van der Waals surface area contributed by atoms with Crippen LogP contribution in [0.15, 0.2) is 36.5 Å². The first-order valence-electron chi connectivity index (χ1n) is 6.53. The summed E-state index contributed by atoms with van der Waals surface area (Å²) in [4.78, 5) is 4.38. The summed E-state index contributed by atoms with van der Waals surface area (Å²) in [5.74, 6) is 0.421. The fraction of sp³-hybridized carbons (Fsp3) is 0.400. The first-order valence-corrected chi connectivity index (χ1v) is 6.53. The molecule has 0 spiro atoms. The summed E-state index contributed by atoms with van der Waals surface area (Å²) >= 11 is 0. The van der Waals surface area contributed by atoms with Crippen LogP contribution in [-0.4, -0.2) is 18.2 Å². The van der Waals surface area contributed by atoms with Crippen molar-refractivity contribution in [2.45, 2.75) is 18.9 Å². The van der Waals surface area contributed by atoms with Gasteiger partial charge < -0.3 is 10.5 Å². The molecular weight excluding hydrogens is 224 g/mol. The molecule has 2 atom stereocenters. The van der Waals surface area contributed by atoms with E-state index in [1.165, 1.54) is 5.56 Å². The van der Waals surface area contributed by atoms with Gasteiger partial charge in [-0.2, -0.15) is 0 Å². The highest BCUT2D eigenvalue weighted by atomic mass is 16.5. The Morgan fingerprint density at radius 3 is 3.06 bits per heavy atom. The number of aromatic nitrogens is 1. The first kappa shape index (κ1) is 11.6. The number of benzene rings is 1. The molecule has 2 aromatic rings. The third-order valence-corrected chi connectivity index (χ3v) is 3.74. The predicted molar refractivity (Wildman–Crippen MR) is 72.2 cm³/mol. The molecule has 1 aliphatic heterocycles. The number of nitrogens with two attached hydrogens (primary N) is 1. The van der Waals surface area contributed by atoms with Gasteiger partial charge in [-0.1, -0.05) is 18.2 Å². The summed E-state index contributed by atoms with van der Waals surface area (Å²) in [5, 5.41) is 1.16. The number of fused-ring (bicyclic) bond motifs is 1. The molecule has 1 aromatic heterocycles. The Morgan fingerprint density at radius 2 is 2.22 bits per heavy atom. The van der Waals surface area contributed by atoms with Gasteiger partial charge in [-0.3, -0.25) is 4.98 Å². The van der Waals surface area contributed by atoms with E-state index in [1.807, 2.05) is 24.4 Å². The second-order valence-corrected chi connectivity index (χ2v) is 4.92. The van der Waals surface area contributed by atoms with E-state index < -0.39 is 0 Å². The van der Waals surface area contributed by atoms with Crippen molar-refractivity contribution in [3.8, 4) is 0 Å². The van der Waals surface area contributed by atoms with E-state index in [9.17, 15) is 0 Å². The Morgan fingerprint density at radius 1 is 1.28 bits per heavy atom. The lowest BCUT2D eigenvalue weighted by atomic mass is 9.88. The second-order valence-electron chi connectivity index (χ2n) is 4.92. The van der Waals surface area contributed by atoms with Crippen LogP contribution in [0.25, 0.3) is 10.9 Å². The molecule has 3 nitrogen and oxygen atoms in total. The number of hydrogen-bond donors (Lipinski definition) is 1. The van der Waals surface area contributed by atoms with Crippen LogP contribution >= 0.6 is 0 Å². The average molecular weight is 242 g/mol. The Labute approximate surface area is 107 Å². The summed E-state index contributed by atoms with van der Waals surface area (Å²) in [6.45, 7) is 1.65. The van der Waals surface area contributed by atoms with E-state index in [-0.39, 0.29) is 6.04 Å². The second kappa shape index (κ2) is 5.04. The zero-order valence-electron chi connectivity index (χ0n) is 10.4. The van der Waals surface area contributed by atoms with Gasteiger partial charge in [0.2, 0.25) is 0 Å². The summed E-state index contributed by atoms with van der Waals surface area (Å²) in [6.07, 6.45) is 4.08. The van der Waals surface area contributed by atoms with E-state index in [4.69, 9.17) is 10.5 Å². The van der Waals surface area contributed by atoms with Crippen molar-refractivity contribution in [1.82, 2.24) is 4.98 Å². The molecule has 0 bridgehead atoms. The van der Waals surface area contributed by atoms with Crippen molar-refractivity contribution < 1.29 is 4.74 Å². The van der Waals surface area contributed by atoms with E-state index in [0.717, 1.165) is 37.0 Å². The number of hydrogen-bond acceptors (Lipinski definition) is 3. The van der Waals surface area contributed by atoms with Gasteiger partial charge in [0, 0.05) is 30.1 Å². The van der Waals surface area contributed by atoms with Crippen LogP contribution in [0.3, 0.4) is 0 Å². The lowest BCUT2D eigenvalue weighted by molar-refractivity contribution is 0.0449. The summed E-state index contributed by atoms with van der Waals surface area (Å²) in [7, 11) is 0. The van der Waals surface area contributed by atoms with Crippen LogP contribution in [-0.2, 0) is 4.74 Å². The molecule has 94 valence electrons. The van der Waals surface area contributed by atoms with E-state index >= 15 is 0 Å². The molecule has 2 unspecified atom stereocenters. The number of rotatable bonds is 2. The minimum atomic E-state index is 0.0400. The van der Waals surface area contributed by atoms with Gasteiger partial charge in [0.15, 0.2) is 0 Å². The molecule has 3 rings (SSSR count). The van der Waals surface area contributed by atoms with Gasteiger partial charge >= 0.3 is 0 Å². The first-order chi connectivity index (χ1) is 8.86. The van der Waals surface area contributed by atoms with Crippen molar-refractivity contribution in [3.63, 3.8) is 0 Å². The fourth-order valence-corrected chi connectivity index (χ4v) is 2.72. The molecule has 1 fully saturated rings. The number of pyridine rings is 1. The number of nitrogens with zero attached hydrogens (tertiary/aromatic N) is 1. The third kappa shape index (κ3) is 2.11. The molecule has 2 N–H and O–H groups in total. The largest absolute Gasteiger partial charge is 0.381 e. The molecule has 18 heavy (non-hydrogen) atoms. The minimum Gasteiger partial charge on any atom is -0.381 e. The molecule has 2 heterocycles. The van der Waals surface area contributed by atoms with E-state index in [2.05, 4.69) is 17.1 Å². The zero-order valence-corrected chi connectivity index (χ0v) is 10.4. The highest BCUT2D eigenvalue weighted by Gasteiger charge is 2.23. The van der Waals surface area contributed by atoms with Crippen LogP contribution < -0.4 is 5.73 Å². The molecule has 0 saturated carbocycles. The van der Waals surface area contributed by atoms with Crippen LogP contribution in [0.5, 0.6) is 0 Å². The summed E-state index contributed by atoms with van der Waals surface area (Å²) in [6, 6.07) is 10.3. The standard InChI is InChI=1S/C15H18N2O/c16-15(11-4-3-9-18-10-11)13-5-1-7-14-12(13)6-2-8-17-14/h1-2,5-8,11,15H,3-4,9-10,16H2. The van der Waals surface area contributed by atoms with Gasteiger partial charge in [0.25, 0.3) is 0 Å². The SMILES string of the molecule is NC(c1cccc2ncccc12)C1CCCOC1. The predicted octanol–water partition coefficient (Wildman–Crippen LogP) is 2.66. The maximum atomic E-state index is 6.43. The molecule has 0 radical (unpaired) electrons. The molecule has 1 saturated heterocycles. The molecule has 0 aliphatic carbocycles. The van der Waals surface area contributed by atoms with Gasteiger partial charge in [0.1, 0.15) is 0 Å². The minimum absolute atomic E-state index is 0.0400. The molecule has 3 heteroatoms. The van der Waals surface area contributed by atoms with Crippen LogP contribution in [0, 0.1) is 5.92 Å². The van der Waals surface area contributed by atoms with Crippen molar-refractivity contribution in [2.24, 2.45) is 11.7 Å². The third-order valence-electron chi connectivity index (χ3n) is 3.74. The average Bonchev–Trinajstić information content (AvgIpc) is 2.47. The van der Waals surface area contributed by atoms with Gasteiger partial charge in [0.05, 0.1) is 12.1 Å². The molecule has 1 aromatic carbocycles. The van der Waals surface area contributed by atoms with Gasteiger partial charge in [-0.25, -0.2) is 0 Å². The van der Waals surface area contributed by atoms with Gasteiger partial charge in [-0.15, -0.1) is 0 Å². The van der Waals surface area contributed by atoms with Crippen LogP contribution in [0.1, 0.15) is 24.4 Å². The fourth-order valence-electron chi connectivity index (χ4n) is 2.72. The van der Waals surface area contributed by atoms with E-state index in [0.29, 0.717) is 5.92 Å². The Balaban J connectivity index is 1.97. The molecular formula is C15H18N2O. The maximum Gasteiger partial charge on any atom is 0.0705 e. The van der Waals surface area contributed by atoms with Crippen molar-refractivity contribution in [1.29, 1.82) is 0 Å². The summed E-state index contributed by atoms with van der Waals surface area (Å²) < 4.78 is 5.54. The topological polar surface area (TPSA) is 48.1 Å². The number of ether oxygens (including phenoxy) is 1. The quantitative estimate of drug-likeness (QED) is 0.880. The lowest BCUT2D eigenvalue weighted by Gasteiger charge is -2.28. The lowest BCUT2D eigenvalue weighted by Crippen LogP contribution is -2.29. The summed E-state index contributed by atoms with van der Waals surface area (Å²) in [5.41, 5.74) is 8.63. The zero-order chi connectivity index (χ0) is 12.4. The van der Waals surface area contributed by atoms with Crippen LogP contribution in [0.4, 0.5) is 0 Å². The Hall–Kier alpha value is -1.45. The van der Waals surface area contributed by atoms with Crippen molar-refractivity contribution >= 4 is 10.9 Å². The Bertz CT molecular complexity index is 530. The van der Waals surface area contributed by atoms with Crippen molar-refractivity contribution in [2.75, 3.05) is 13.2 Å². The van der Waals surface area contributed by atoms with E-state index in [1.54, 1.807) is 0 Å². The highest BCUT2D eigenvalue weighted by Crippen LogP contribution is 2.30. The Kier molecular flexibility index (Phi) is 3.26. The smallest absolute Gasteiger partial charge is 0.0705 e. The van der Waals surface area contributed by atoms with Gasteiger partial charge in [-0.05, 0) is 30.5 Å². The van der Waals surface area contributed by atoms with Crippen molar-refractivity contribution in [3.05, 3.63) is 42.1 Å². The highest BCUT2D eigenvalue weighted by molar-refractivity contribution is 5.82. The monoisotopic (exact) mass is 242 g/mol. The van der Waals surface area contributed by atoms with Crippen LogP contribution in [0.2, 0.25) is 0 Å². The molecule has 0 amide bonds.